The van der Waals surface area contributed by atoms with Crippen LogP contribution < -0.4 is 4.74 Å². The van der Waals surface area contributed by atoms with E-state index in [0.717, 1.165) is 37.2 Å². The first kappa shape index (κ1) is 24.6. The van der Waals surface area contributed by atoms with E-state index in [1.165, 1.54) is 17.0 Å². The third-order valence-corrected chi connectivity index (χ3v) is 6.63. The zero-order valence-corrected chi connectivity index (χ0v) is 20.0. The van der Waals surface area contributed by atoms with Gasteiger partial charge in [0.2, 0.25) is 0 Å². The van der Waals surface area contributed by atoms with E-state index in [1.54, 1.807) is 19.9 Å². The summed E-state index contributed by atoms with van der Waals surface area (Å²) in [5.41, 5.74) is 0.384. The van der Waals surface area contributed by atoms with Crippen molar-refractivity contribution in [2.24, 2.45) is 5.92 Å². The topological polar surface area (TPSA) is 53.0 Å². The second kappa shape index (κ2) is 10.4. The Kier molecular flexibility index (Phi) is 7.53. The number of carbonyl (C=O) groups is 1. The fraction of sp³-hybridized carbons (Fsp3) is 0.519. The third kappa shape index (κ3) is 6.33. The quantitative estimate of drug-likeness (QED) is 0.643. The minimum atomic E-state index is -1.17. The van der Waals surface area contributed by atoms with Crippen molar-refractivity contribution < 1.29 is 23.4 Å². The van der Waals surface area contributed by atoms with E-state index in [1.807, 2.05) is 24.3 Å². The van der Waals surface area contributed by atoms with Crippen molar-refractivity contribution in [1.29, 1.82) is 0 Å². The lowest BCUT2D eigenvalue weighted by molar-refractivity contribution is 0.0760. The van der Waals surface area contributed by atoms with Gasteiger partial charge in [-0.2, -0.15) is 0 Å². The SMILES string of the molecule is CC(C)(F)CN1CCC(COc2ccc(-c3ccc(C(=O)N4CC[C@H](O)C4)c(F)c3)cc2)CC1. The largest absolute Gasteiger partial charge is 0.493 e. The molecule has 2 aromatic carbocycles. The molecule has 0 bridgehead atoms. The second-order valence-electron chi connectivity index (χ2n) is 10.2. The summed E-state index contributed by atoms with van der Waals surface area (Å²) in [6.07, 6.45) is 1.98. The predicted molar refractivity (Wildman–Crippen MR) is 128 cm³/mol. The Labute approximate surface area is 200 Å². The summed E-state index contributed by atoms with van der Waals surface area (Å²) >= 11 is 0. The highest BCUT2D eigenvalue weighted by atomic mass is 19.1. The molecule has 34 heavy (non-hydrogen) atoms. The minimum Gasteiger partial charge on any atom is -0.493 e. The number of alkyl halides is 1. The van der Waals surface area contributed by atoms with Crippen LogP contribution in [0.15, 0.2) is 42.5 Å². The van der Waals surface area contributed by atoms with Crippen molar-refractivity contribution in [3.8, 4) is 16.9 Å². The van der Waals surface area contributed by atoms with Crippen LogP contribution in [0.2, 0.25) is 0 Å². The highest BCUT2D eigenvalue weighted by molar-refractivity contribution is 5.95. The van der Waals surface area contributed by atoms with Gasteiger partial charge in [-0.1, -0.05) is 18.2 Å². The Hall–Kier alpha value is -2.51. The molecule has 2 aliphatic heterocycles. The number of carbonyl (C=O) groups excluding carboxylic acids is 1. The molecule has 1 atom stereocenters. The van der Waals surface area contributed by atoms with Crippen molar-refractivity contribution in [3.63, 3.8) is 0 Å². The molecule has 2 saturated heterocycles. The van der Waals surface area contributed by atoms with E-state index in [4.69, 9.17) is 4.74 Å². The van der Waals surface area contributed by atoms with Crippen molar-refractivity contribution in [3.05, 3.63) is 53.8 Å². The number of β-amino-alcohol motifs (C(OH)–C–C–N with tert-alkyl or cyclic N) is 1. The molecule has 1 N–H and O–H groups in total. The van der Waals surface area contributed by atoms with Crippen LogP contribution in [0.25, 0.3) is 11.1 Å². The first-order chi connectivity index (χ1) is 16.2. The smallest absolute Gasteiger partial charge is 0.256 e. The Morgan fingerprint density at radius 1 is 1.06 bits per heavy atom. The molecule has 2 aromatic rings. The summed E-state index contributed by atoms with van der Waals surface area (Å²) in [4.78, 5) is 16.2. The zero-order chi connectivity index (χ0) is 24.3. The van der Waals surface area contributed by atoms with Crippen molar-refractivity contribution in [2.75, 3.05) is 39.3 Å². The molecule has 7 heteroatoms. The lowest BCUT2D eigenvalue weighted by Gasteiger charge is -2.34. The fourth-order valence-electron chi connectivity index (χ4n) is 4.77. The van der Waals surface area contributed by atoms with Gasteiger partial charge in [-0.25, -0.2) is 8.78 Å². The fourth-order valence-corrected chi connectivity index (χ4v) is 4.77. The molecular weight excluding hydrogens is 438 g/mol. The van der Waals surface area contributed by atoms with Crippen LogP contribution in [0.3, 0.4) is 0 Å². The van der Waals surface area contributed by atoms with Crippen LogP contribution >= 0.6 is 0 Å². The normalized spacial score (nSPS) is 20.0. The van der Waals surface area contributed by atoms with Gasteiger partial charge in [0.1, 0.15) is 17.2 Å². The van der Waals surface area contributed by atoms with E-state index in [2.05, 4.69) is 4.90 Å². The molecule has 0 aliphatic carbocycles. The average molecular weight is 473 g/mol. The summed E-state index contributed by atoms with van der Waals surface area (Å²) in [6, 6.07) is 12.1. The highest BCUT2D eigenvalue weighted by Gasteiger charge is 2.27. The molecular formula is C27H34F2N2O3. The number of ether oxygens (including phenoxy) is 1. The summed E-state index contributed by atoms with van der Waals surface area (Å²) in [6.45, 7) is 6.81. The van der Waals surface area contributed by atoms with Crippen LogP contribution in [0.5, 0.6) is 5.75 Å². The van der Waals surface area contributed by atoms with Crippen LogP contribution in [-0.4, -0.2) is 71.9 Å². The molecule has 0 radical (unpaired) electrons. The van der Waals surface area contributed by atoms with Crippen molar-refractivity contribution >= 4 is 5.91 Å². The van der Waals surface area contributed by atoms with E-state index >= 15 is 0 Å². The number of benzene rings is 2. The lowest BCUT2D eigenvalue weighted by Crippen LogP contribution is -2.41. The van der Waals surface area contributed by atoms with Gasteiger partial charge in [0.25, 0.3) is 5.91 Å². The van der Waals surface area contributed by atoms with Crippen molar-refractivity contribution in [1.82, 2.24) is 9.80 Å². The molecule has 5 nitrogen and oxygen atoms in total. The van der Waals surface area contributed by atoms with Crippen LogP contribution in [0, 0.1) is 11.7 Å². The molecule has 0 aromatic heterocycles. The Morgan fingerprint density at radius 2 is 1.74 bits per heavy atom. The lowest BCUT2D eigenvalue weighted by atomic mass is 9.97. The number of likely N-dealkylation sites (tertiary alicyclic amines) is 2. The number of aliphatic hydroxyl groups is 1. The maximum absolute atomic E-state index is 14.7. The Morgan fingerprint density at radius 3 is 2.32 bits per heavy atom. The number of piperidine rings is 1. The predicted octanol–water partition coefficient (Wildman–Crippen LogP) is 4.54. The summed E-state index contributed by atoms with van der Waals surface area (Å²) in [7, 11) is 0. The number of hydrogen-bond acceptors (Lipinski definition) is 4. The first-order valence-corrected chi connectivity index (χ1v) is 12.1. The number of aliphatic hydroxyl groups excluding tert-OH is 1. The van der Waals surface area contributed by atoms with Gasteiger partial charge in [0.15, 0.2) is 0 Å². The molecule has 2 fully saturated rings. The van der Waals surface area contributed by atoms with E-state index in [-0.39, 0.29) is 18.0 Å². The van der Waals surface area contributed by atoms with Crippen LogP contribution in [0.4, 0.5) is 8.78 Å². The molecule has 0 unspecified atom stereocenters. The van der Waals surface area contributed by atoms with Crippen molar-refractivity contribution in [2.45, 2.75) is 44.9 Å². The molecule has 4 rings (SSSR count). The second-order valence-corrected chi connectivity index (χ2v) is 10.2. The average Bonchev–Trinajstić information content (AvgIpc) is 3.24. The minimum absolute atomic E-state index is 0.0268. The zero-order valence-electron chi connectivity index (χ0n) is 20.0. The highest BCUT2D eigenvalue weighted by Crippen LogP contribution is 2.27. The Bertz CT molecular complexity index is 982. The maximum atomic E-state index is 14.7. The maximum Gasteiger partial charge on any atom is 0.256 e. The van der Waals surface area contributed by atoms with Crippen LogP contribution in [0.1, 0.15) is 43.5 Å². The summed E-state index contributed by atoms with van der Waals surface area (Å²) in [5, 5.41) is 9.63. The molecule has 0 spiro atoms. The van der Waals surface area contributed by atoms with E-state index < -0.39 is 17.6 Å². The van der Waals surface area contributed by atoms with Gasteiger partial charge in [-0.3, -0.25) is 4.79 Å². The number of hydrogen-bond donors (Lipinski definition) is 1. The van der Waals surface area contributed by atoms with E-state index in [0.29, 0.717) is 37.6 Å². The van der Waals surface area contributed by atoms with E-state index in [9.17, 15) is 18.7 Å². The number of nitrogens with zero attached hydrogens (tertiary/aromatic N) is 2. The number of rotatable bonds is 7. The summed E-state index contributed by atoms with van der Waals surface area (Å²) < 4.78 is 34.5. The number of halogens is 2. The molecule has 0 saturated carbocycles. The summed E-state index contributed by atoms with van der Waals surface area (Å²) in [5.74, 6) is 0.265. The van der Waals surface area contributed by atoms with Gasteiger partial charge in [-0.15, -0.1) is 0 Å². The van der Waals surface area contributed by atoms with Gasteiger partial charge in [-0.05, 0) is 87.5 Å². The molecule has 1 amide bonds. The molecule has 2 aliphatic rings. The number of amides is 1. The van der Waals surface area contributed by atoms with Gasteiger partial charge in [0, 0.05) is 19.6 Å². The monoisotopic (exact) mass is 472 g/mol. The Balaban J connectivity index is 1.30. The third-order valence-electron chi connectivity index (χ3n) is 6.63. The van der Waals surface area contributed by atoms with Gasteiger partial charge < -0.3 is 19.6 Å². The van der Waals surface area contributed by atoms with Gasteiger partial charge in [0.05, 0.1) is 18.3 Å². The first-order valence-electron chi connectivity index (χ1n) is 12.1. The van der Waals surface area contributed by atoms with Crippen LogP contribution in [-0.2, 0) is 0 Å². The van der Waals surface area contributed by atoms with Gasteiger partial charge >= 0.3 is 0 Å². The molecule has 2 heterocycles. The standard InChI is InChI=1S/C27H34F2N2O3/c1-27(2,29)18-30-12-9-19(10-13-30)17-34-23-6-3-20(4-7-23)21-5-8-24(25(28)15-21)26(33)31-14-11-22(32)16-31/h3-8,15,19,22,32H,9-14,16-18H2,1-2H3/t22-/m0/s1. The molecule has 184 valence electrons.